The number of nitro groups is 1. The van der Waals surface area contributed by atoms with Gasteiger partial charge in [-0.25, -0.2) is 18.4 Å². The van der Waals surface area contributed by atoms with Crippen LogP contribution >= 0.6 is 11.3 Å². The minimum absolute atomic E-state index is 0.0963. The molecule has 37 heavy (non-hydrogen) atoms. The van der Waals surface area contributed by atoms with E-state index in [4.69, 9.17) is 0 Å². The van der Waals surface area contributed by atoms with Crippen LogP contribution in [-0.4, -0.2) is 58.6 Å². The maximum absolute atomic E-state index is 13.4. The second-order valence-corrected chi connectivity index (χ2v) is 11.8. The molecule has 0 radical (unpaired) electrons. The molecule has 1 fully saturated rings. The smallest absolute Gasteiger partial charge is 0.270 e. The molecule has 3 aromatic rings. The van der Waals surface area contributed by atoms with Gasteiger partial charge >= 0.3 is 0 Å². The van der Waals surface area contributed by atoms with Gasteiger partial charge in [-0.05, 0) is 37.1 Å². The molecule has 11 nitrogen and oxygen atoms in total. The van der Waals surface area contributed by atoms with Crippen molar-refractivity contribution in [1.82, 2.24) is 20.2 Å². The van der Waals surface area contributed by atoms with Gasteiger partial charge in [-0.15, -0.1) is 17.9 Å². The lowest BCUT2D eigenvalue weighted by atomic mass is 10.1. The quantitative estimate of drug-likeness (QED) is 0.224. The van der Waals surface area contributed by atoms with Crippen molar-refractivity contribution in [3.05, 3.63) is 88.1 Å². The van der Waals surface area contributed by atoms with Crippen molar-refractivity contribution < 1.29 is 18.1 Å². The van der Waals surface area contributed by atoms with Gasteiger partial charge in [0.05, 0.1) is 11.5 Å². The summed E-state index contributed by atoms with van der Waals surface area (Å²) in [5.74, 6) is 0.0698. The number of aromatic nitrogens is 2. The van der Waals surface area contributed by atoms with Crippen LogP contribution in [0.3, 0.4) is 0 Å². The van der Waals surface area contributed by atoms with E-state index in [1.807, 2.05) is 4.90 Å². The molecule has 1 atom stereocenters. The summed E-state index contributed by atoms with van der Waals surface area (Å²) >= 11 is 1.08. The highest BCUT2D eigenvalue weighted by Gasteiger charge is 2.34. The molecular weight excluding hydrogens is 516 g/mol. The first-order chi connectivity index (χ1) is 17.8. The van der Waals surface area contributed by atoms with Crippen LogP contribution in [0.4, 0.5) is 11.6 Å². The molecule has 0 saturated carbocycles. The zero-order chi connectivity index (χ0) is 26.4. The van der Waals surface area contributed by atoms with E-state index in [2.05, 4.69) is 27.2 Å². The van der Waals surface area contributed by atoms with Gasteiger partial charge in [0.1, 0.15) is 9.58 Å². The Morgan fingerprint density at radius 2 is 1.95 bits per heavy atom. The molecule has 13 heteroatoms. The predicted octanol–water partition coefficient (Wildman–Crippen LogP) is 3.24. The van der Waals surface area contributed by atoms with E-state index >= 15 is 0 Å². The van der Waals surface area contributed by atoms with Crippen LogP contribution in [0.2, 0.25) is 0 Å². The molecule has 1 aromatic carbocycles. The molecular formula is C24H26N6O5S2. The monoisotopic (exact) mass is 542 g/mol. The summed E-state index contributed by atoms with van der Waals surface area (Å²) in [5.41, 5.74) is -0.0251. The topological polar surface area (TPSA) is 147 Å². The molecule has 2 N–H and O–H groups in total. The fourth-order valence-electron chi connectivity index (χ4n) is 4.08. The van der Waals surface area contributed by atoms with Crippen molar-refractivity contribution in [2.45, 2.75) is 35.0 Å². The number of benzene rings is 1. The molecule has 0 bridgehead atoms. The average Bonchev–Trinajstić information content (AvgIpc) is 3.39. The highest BCUT2D eigenvalue weighted by Crippen LogP contribution is 2.29. The number of hydrogen-bond acceptors (Lipinski definition) is 10. The van der Waals surface area contributed by atoms with E-state index in [-0.39, 0.29) is 28.0 Å². The maximum Gasteiger partial charge on any atom is 0.270 e. The standard InChI is InChI=1S/C24H26N6O5S2/c1-2-21(29-13-9-18(10-14-29)28-24-25-11-4-12-26-24)37(34,35)22-8-7-20(36-22)16-27-23(31)17-5-3-6-19(15-17)30(32)33/h2-8,11-12,15,18,21H,1,9-10,13-14,16H2,(H,27,31)(H,25,26,28). The van der Waals surface area contributed by atoms with Gasteiger partial charge in [0.2, 0.25) is 15.8 Å². The molecule has 1 saturated heterocycles. The lowest BCUT2D eigenvalue weighted by Gasteiger charge is -2.35. The minimum Gasteiger partial charge on any atom is -0.351 e. The first-order valence-electron chi connectivity index (χ1n) is 11.5. The molecule has 0 spiro atoms. The molecule has 4 rings (SSSR count). The second kappa shape index (κ2) is 11.6. The number of piperidine rings is 1. The highest BCUT2D eigenvalue weighted by molar-refractivity contribution is 7.94. The Hall–Kier alpha value is -3.68. The van der Waals surface area contributed by atoms with Crippen LogP contribution in [0.5, 0.6) is 0 Å². The zero-order valence-corrected chi connectivity index (χ0v) is 21.5. The maximum atomic E-state index is 13.4. The third kappa shape index (κ3) is 6.37. The molecule has 3 heterocycles. The summed E-state index contributed by atoms with van der Waals surface area (Å²) in [5, 5.41) is 16.0. The van der Waals surface area contributed by atoms with Gasteiger partial charge in [-0.3, -0.25) is 19.8 Å². The first-order valence-corrected chi connectivity index (χ1v) is 13.9. The van der Waals surface area contributed by atoms with E-state index in [9.17, 15) is 23.3 Å². The van der Waals surface area contributed by atoms with E-state index < -0.39 is 26.0 Å². The van der Waals surface area contributed by atoms with E-state index in [1.54, 1.807) is 24.5 Å². The Kier molecular flexibility index (Phi) is 8.26. The lowest BCUT2D eigenvalue weighted by molar-refractivity contribution is -0.384. The van der Waals surface area contributed by atoms with Gasteiger partial charge in [-0.2, -0.15) is 0 Å². The number of nitrogens with zero attached hydrogens (tertiary/aromatic N) is 4. The summed E-state index contributed by atoms with van der Waals surface area (Å²) in [6, 6.07) is 10.5. The van der Waals surface area contributed by atoms with Gasteiger partial charge in [-0.1, -0.05) is 12.1 Å². The van der Waals surface area contributed by atoms with Gasteiger partial charge in [0.15, 0.2) is 0 Å². The number of likely N-dealkylation sites (tertiary alicyclic amines) is 1. The molecule has 1 aliphatic heterocycles. The van der Waals surface area contributed by atoms with Crippen molar-refractivity contribution in [3.63, 3.8) is 0 Å². The van der Waals surface area contributed by atoms with Gasteiger partial charge < -0.3 is 10.6 Å². The molecule has 1 unspecified atom stereocenters. The minimum atomic E-state index is -3.72. The van der Waals surface area contributed by atoms with E-state index in [0.717, 1.165) is 24.2 Å². The van der Waals surface area contributed by atoms with E-state index in [1.165, 1.54) is 36.4 Å². The zero-order valence-electron chi connectivity index (χ0n) is 19.8. The van der Waals surface area contributed by atoms with Crippen LogP contribution in [0.15, 0.2) is 71.7 Å². The summed E-state index contributed by atoms with van der Waals surface area (Å²) in [6.45, 7) is 5.01. The van der Waals surface area contributed by atoms with Gasteiger partial charge in [0.25, 0.3) is 11.6 Å². The average molecular weight is 543 g/mol. The van der Waals surface area contributed by atoms with Crippen molar-refractivity contribution in [2.24, 2.45) is 0 Å². The molecule has 1 amide bonds. The number of nitrogens with one attached hydrogen (secondary N) is 2. The van der Waals surface area contributed by atoms with Crippen molar-refractivity contribution >= 4 is 38.7 Å². The number of anilines is 1. The van der Waals surface area contributed by atoms with Crippen LogP contribution in [0, 0.1) is 10.1 Å². The van der Waals surface area contributed by atoms with Crippen LogP contribution in [0.25, 0.3) is 0 Å². The fourth-order valence-corrected chi connectivity index (χ4v) is 7.19. The SMILES string of the molecule is C=CC(N1CCC(Nc2ncccn2)CC1)S(=O)(=O)c1ccc(CNC(=O)c2cccc([N+](=O)[O-])c2)s1. The number of rotatable bonds is 10. The molecule has 1 aliphatic rings. The largest absolute Gasteiger partial charge is 0.351 e. The number of sulfone groups is 1. The van der Waals surface area contributed by atoms with Crippen LogP contribution in [-0.2, 0) is 16.4 Å². The molecule has 194 valence electrons. The van der Waals surface area contributed by atoms with Gasteiger partial charge in [0, 0.05) is 54.1 Å². The van der Waals surface area contributed by atoms with Crippen molar-refractivity contribution in [3.8, 4) is 0 Å². The Bertz CT molecular complexity index is 1370. The number of nitro benzene ring substituents is 1. The Morgan fingerprint density at radius 1 is 1.22 bits per heavy atom. The third-order valence-electron chi connectivity index (χ3n) is 5.97. The fraction of sp³-hybridized carbons (Fsp3) is 0.292. The molecule has 2 aromatic heterocycles. The third-order valence-corrected chi connectivity index (χ3v) is 9.62. The van der Waals surface area contributed by atoms with Crippen molar-refractivity contribution in [1.29, 1.82) is 0 Å². The molecule has 0 aliphatic carbocycles. The van der Waals surface area contributed by atoms with Crippen LogP contribution < -0.4 is 10.6 Å². The van der Waals surface area contributed by atoms with Crippen LogP contribution in [0.1, 0.15) is 28.1 Å². The number of carbonyl (C=O) groups is 1. The highest BCUT2D eigenvalue weighted by atomic mass is 32.2. The second-order valence-electron chi connectivity index (χ2n) is 8.41. The summed E-state index contributed by atoms with van der Waals surface area (Å²) < 4.78 is 27.0. The lowest BCUT2D eigenvalue weighted by Crippen LogP contribution is -2.47. The number of amides is 1. The number of carbonyl (C=O) groups excluding carboxylic acids is 1. The number of non-ortho nitro benzene ring substituents is 1. The summed E-state index contributed by atoms with van der Waals surface area (Å²) in [6.07, 6.45) is 6.25. The summed E-state index contributed by atoms with van der Waals surface area (Å²) in [4.78, 5) is 33.7. The Balaban J connectivity index is 1.36. The summed E-state index contributed by atoms with van der Waals surface area (Å²) in [7, 11) is -3.72. The Labute approximate surface area is 218 Å². The Morgan fingerprint density at radius 3 is 2.62 bits per heavy atom. The predicted molar refractivity (Wildman–Crippen MR) is 140 cm³/mol. The van der Waals surface area contributed by atoms with Crippen molar-refractivity contribution in [2.75, 3.05) is 18.4 Å². The normalized spacial score (nSPS) is 15.6. The van der Waals surface area contributed by atoms with E-state index in [0.29, 0.717) is 23.9 Å². The number of thiophene rings is 1. The number of hydrogen-bond donors (Lipinski definition) is 2. The first kappa shape index (κ1) is 26.4.